The van der Waals surface area contributed by atoms with Gasteiger partial charge < -0.3 is 15.4 Å². The van der Waals surface area contributed by atoms with Crippen molar-refractivity contribution in [3.63, 3.8) is 0 Å². The second kappa shape index (κ2) is 8.31. The van der Waals surface area contributed by atoms with Gasteiger partial charge >= 0.3 is 0 Å². The Balaban J connectivity index is 1.73. The Morgan fingerprint density at radius 2 is 1.96 bits per heavy atom. The molecule has 0 aromatic rings. The van der Waals surface area contributed by atoms with Crippen LogP contribution in [0.4, 0.5) is 0 Å². The van der Waals surface area contributed by atoms with E-state index in [1.54, 1.807) is 0 Å². The van der Waals surface area contributed by atoms with Crippen LogP contribution in [0.2, 0.25) is 0 Å². The van der Waals surface area contributed by atoms with E-state index in [9.17, 15) is 0 Å². The van der Waals surface area contributed by atoms with Crippen molar-refractivity contribution in [2.45, 2.75) is 51.2 Å². The standard InChI is InChI=1S/C17H35N5O/c1-14(21(5)15-6-7-15)12-19-16(18-4)20-13-17(2,3)22-8-10-23-11-9-22/h14-15H,6-13H2,1-5H3,(H2,18,19,20). The molecule has 1 unspecified atom stereocenters. The van der Waals surface area contributed by atoms with Gasteiger partial charge in [-0.2, -0.15) is 0 Å². The summed E-state index contributed by atoms with van der Waals surface area (Å²) in [5.74, 6) is 0.891. The second-order valence-corrected chi connectivity index (χ2v) is 7.46. The summed E-state index contributed by atoms with van der Waals surface area (Å²) in [6.45, 7) is 12.3. The minimum absolute atomic E-state index is 0.0951. The fourth-order valence-corrected chi connectivity index (χ4v) is 3.03. The number of nitrogens with zero attached hydrogens (tertiary/aromatic N) is 3. The molecule has 1 aliphatic carbocycles. The molecule has 0 aromatic carbocycles. The van der Waals surface area contributed by atoms with Gasteiger partial charge in [-0.15, -0.1) is 0 Å². The normalized spacial score (nSPS) is 22.3. The first kappa shape index (κ1) is 18.5. The maximum atomic E-state index is 5.45. The van der Waals surface area contributed by atoms with Crippen molar-refractivity contribution in [3.8, 4) is 0 Å². The monoisotopic (exact) mass is 325 g/mol. The van der Waals surface area contributed by atoms with Crippen LogP contribution in [0.1, 0.15) is 33.6 Å². The summed E-state index contributed by atoms with van der Waals surface area (Å²) in [4.78, 5) is 9.32. The second-order valence-electron chi connectivity index (χ2n) is 7.46. The van der Waals surface area contributed by atoms with Gasteiger partial charge in [-0.25, -0.2) is 0 Å². The molecule has 1 heterocycles. The average Bonchev–Trinajstić information content (AvgIpc) is 3.39. The molecule has 0 amide bonds. The number of morpholine rings is 1. The van der Waals surface area contributed by atoms with E-state index in [-0.39, 0.29) is 5.54 Å². The van der Waals surface area contributed by atoms with E-state index in [4.69, 9.17) is 4.74 Å². The molecule has 2 N–H and O–H groups in total. The van der Waals surface area contributed by atoms with Gasteiger partial charge in [0.15, 0.2) is 5.96 Å². The molecule has 2 rings (SSSR count). The topological polar surface area (TPSA) is 52.1 Å². The molecule has 1 atom stereocenters. The quantitative estimate of drug-likeness (QED) is 0.534. The number of nitrogens with one attached hydrogen (secondary N) is 2. The first-order chi connectivity index (χ1) is 10.9. The van der Waals surface area contributed by atoms with E-state index in [1.165, 1.54) is 12.8 Å². The van der Waals surface area contributed by atoms with Crippen LogP contribution in [0.15, 0.2) is 4.99 Å². The highest BCUT2D eigenvalue weighted by Gasteiger charge is 2.30. The molecular formula is C17H35N5O. The van der Waals surface area contributed by atoms with Gasteiger partial charge in [-0.1, -0.05) is 0 Å². The summed E-state index contributed by atoms with van der Waals surface area (Å²) in [6, 6.07) is 1.32. The van der Waals surface area contributed by atoms with Gasteiger partial charge in [0.25, 0.3) is 0 Å². The van der Waals surface area contributed by atoms with Crippen LogP contribution >= 0.6 is 0 Å². The zero-order chi connectivity index (χ0) is 16.9. The number of ether oxygens (including phenoxy) is 1. The molecule has 0 spiro atoms. The lowest BCUT2D eigenvalue weighted by atomic mass is 10.0. The van der Waals surface area contributed by atoms with Gasteiger partial charge in [-0.3, -0.25) is 14.8 Å². The predicted octanol–water partition coefficient (Wildman–Crippen LogP) is 0.745. The fourth-order valence-electron chi connectivity index (χ4n) is 3.03. The molecule has 1 aliphatic heterocycles. The molecule has 23 heavy (non-hydrogen) atoms. The first-order valence-corrected chi connectivity index (χ1v) is 8.93. The highest BCUT2D eigenvalue weighted by molar-refractivity contribution is 5.79. The highest BCUT2D eigenvalue weighted by atomic mass is 16.5. The summed E-state index contributed by atoms with van der Waals surface area (Å²) in [6.07, 6.45) is 2.70. The predicted molar refractivity (Wildman–Crippen MR) is 96.1 cm³/mol. The summed E-state index contributed by atoms with van der Waals surface area (Å²) < 4.78 is 5.45. The van der Waals surface area contributed by atoms with Crippen molar-refractivity contribution in [1.29, 1.82) is 0 Å². The third-order valence-corrected chi connectivity index (χ3v) is 5.16. The van der Waals surface area contributed by atoms with Gasteiger partial charge in [-0.05, 0) is 40.7 Å². The molecule has 1 saturated heterocycles. The van der Waals surface area contributed by atoms with E-state index in [1.807, 2.05) is 7.05 Å². The zero-order valence-electron chi connectivity index (χ0n) is 15.6. The average molecular weight is 326 g/mol. The SMILES string of the molecule is CN=C(NCC(C)N(C)C1CC1)NCC(C)(C)N1CCOCC1. The molecule has 0 aromatic heterocycles. The van der Waals surface area contributed by atoms with Crippen molar-refractivity contribution < 1.29 is 4.74 Å². The van der Waals surface area contributed by atoms with Crippen molar-refractivity contribution >= 4 is 5.96 Å². The molecule has 6 nitrogen and oxygen atoms in total. The number of rotatable bonds is 7. The molecule has 0 radical (unpaired) electrons. The largest absolute Gasteiger partial charge is 0.379 e. The van der Waals surface area contributed by atoms with E-state index in [0.29, 0.717) is 6.04 Å². The van der Waals surface area contributed by atoms with Crippen molar-refractivity contribution in [3.05, 3.63) is 0 Å². The number of guanidine groups is 1. The molecule has 0 bridgehead atoms. The van der Waals surface area contributed by atoms with E-state index in [0.717, 1.165) is 51.4 Å². The Labute approximate surface area is 141 Å². The molecule has 1 saturated carbocycles. The van der Waals surface area contributed by atoms with Crippen molar-refractivity contribution in [1.82, 2.24) is 20.4 Å². The Morgan fingerprint density at radius 1 is 1.30 bits per heavy atom. The smallest absolute Gasteiger partial charge is 0.191 e. The minimum atomic E-state index is 0.0951. The fraction of sp³-hybridized carbons (Fsp3) is 0.941. The summed E-state index contributed by atoms with van der Waals surface area (Å²) in [5.41, 5.74) is 0.0951. The van der Waals surface area contributed by atoms with Crippen molar-refractivity contribution in [2.75, 3.05) is 53.5 Å². The van der Waals surface area contributed by atoms with Crippen LogP contribution in [0.25, 0.3) is 0 Å². The lowest BCUT2D eigenvalue weighted by Gasteiger charge is -2.41. The van der Waals surface area contributed by atoms with E-state index < -0.39 is 0 Å². The maximum Gasteiger partial charge on any atom is 0.191 e. The lowest BCUT2D eigenvalue weighted by molar-refractivity contribution is -0.00834. The van der Waals surface area contributed by atoms with Gasteiger partial charge in [0, 0.05) is 50.8 Å². The number of likely N-dealkylation sites (N-methyl/N-ethyl adjacent to an activating group) is 1. The third kappa shape index (κ3) is 5.62. The Hall–Kier alpha value is -0.850. The molecule has 134 valence electrons. The van der Waals surface area contributed by atoms with Crippen LogP contribution < -0.4 is 10.6 Å². The summed E-state index contributed by atoms with van der Waals surface area (Å²) in [7, 11) is 4.06. The van der Waals surface area contributed by atoms with Gasteiger partial charge in [0.2, 0.25) is 0 Å². The zero-order valence-corrected chi connectivity index (χ0v) is 15.6. The molecule has 2 aliphatic rings. The number of hydrogen-bond donors (Lipinski definition) is 2. The molecular weight excluding hydrogens is 290 g/mol. The van der Waals surface area contributed by atoms with Crippen LogP contribution in [0, 0.1) is 0 Å². The van der Waals surface area contributed by atoms with Crippen molar-refractivity contribution in [2.24, 2.45) is 4.99 Å². The van der Waals surface area contributed by atoms with E-state index in [2.05, 4.69) is 53.2 Å². The summed E-state index contributed by atoms with van der Waals surface area (Å²) in [5, 5.41) is 6.95. The third-order valence-electron chi connectivity index (χ3n) is 5.16. The Kier molecular flexibility index (Phi) is 6.68. The Morgan fingerprint density at radius 3 is 2.52 bits per heavy atom. The maximum absolute atomic E-state index is 5.45. The van der Waals surface area contributed by atoms with Crippen LogP contribution in [0.5, 0.6) is 0 Å². The molecule has 6 heteroatoms. The Bertz CT molecular complexity index is 388. The van der Waals surface area contributed by atoms with Gasteiger partial charge in [0.1, 0.15) is 0 Å². The number of hydrogen-bond acceptors (Lipinski definition) is 4. The highest BCUT2D eigenvalue weighted by Crippen LogP contribution is 2.26. The van der Waals surface area contributed by atoms with Gasteiger partial charge in [0.05, 0.1) is 13.2 Å². The first-order valence-electron chi connectivity index (χ1n) is 8.93. The van der Waals surface area contributed by atoms with Crippen LogP contribution in [-0.4, -0.2) is 86.9 Å². The number of aliphatic imine (C=N–C) groups is 1. The van der Waals surface area contributed by atoms with Crippen LogP contribution in [-0.2, 0) is 4.74 Å². The van der Waals surface area contributed by atoms with E-state index >= 15 is 0 Å². The minimum Gasteiger partial charge on any atom is -0.379 e. The molecule has 2 fully saturated rings. The van der Waals surface area contributed by atoms with Crippen LogP contribution in [0.3, 0.4) is 0 Å². The summed E-state index contributed by atoms with van der Waals surface area (Å²) >= 11 is 0. The lowest BCUT2D eigenvalue weighted by Crippen LogP contribution is -2.57.